The molecule has 1 aromatic carbocycles. The monoisotopic (exact) mass is 344 g/mol. The minimum absolute atomic E-state index is 0. The molecule has 6 heteroatoms. The van der Waals surface area contributed by atoms with E-state index in [1.807, 2.05) is 25.2 Å². The predicted molar refractivity (Wildman–Crippen MR) is 95.6 cm³/mol. The molecule has 1 atom stereocenters. The molecule has 0 saturated heterocycles. The maximum Gasteiger partial charge on any atom is 0.226 e. The maximum absolute atomic E-state index is 12.4. The quantitative estimate of drug-likeness (QED) is 0.787. The number of amides is 1. The van der Waals surface area contributed by atoms with Gasteiger partial charge in [0.25, 0.3) is 0 Å². The smallest absolute Gasteiger partial charge is 0.226 e. The topological polar surface area (TPSA) is 64.8 Å². The lowest BCUT2D eigenvalue weighted by atomic mass is 10.0. The Labute approximate surface area is 145 Å². The first-order chi connectivity index (χ1) is 10.4. The van der Waals surface area contributed by atoms with Gasteiger partial charge < -0.3 is 20.1 Å². The fourth-order valence-electron chi connectivity index (χ4n) is 2.12. The molecule has 0 aliphatic carbocycles. The highest BCUT2D eigenvalue weighted by atomic mass is 35.5. The molecule has 1 aromatic rings. The van der Waals surface area contributed by atoms with Crippen LogP contribution in [0.1, 0.15) is 25.8 Å². The Bertz CT molecular complexity index is 495. The lowest BCUT2D eigenvalue weighted by molar-refractivity contribution is -0.129. The summed E-state index contributed by atoms with van der Waals surface area (Å²) in [4.78, 5) is 14.1. The average Bonchev–Trinajstić information content (AvgIpc) is 2.51. The van der Waals surface area contributed by atoms with Crippen LogP contribution in [0.3, 0.4) is 0 Å². The first-order valence-electron chi connectivity index (χ1n) is 7.59. The summed E-state index contributed by atoms with van der Waals surface area (Å²) in [5.41, 5.74) is 6.85. The summed E-state index contributed by atoms with van der Waals surface area (Å²) < 4.78 is 10.5. The molecule has 0 saturated carbocycles. The van der Waals surface area contributed by atoms with Crippen molar-refractivity contribution in [3.8, 4) is 11.5 Å². The number of methoxy groups -OCH3 is 2. The van der Waals surface area contributed by atoms with Crippen LogP contribution in [0, 0.1) is 5.92 Å². The lowest BCUT2D eigenvalue weighted by Gasteiger charge is -2.22. The predicted octanol–water partition coefficient (Wildman–Crippen LogP) is 2.50. The van der Waals surface area contributed by atoms with Crippen LogP contribution < -0.4 is 15.2 Å². The Morgan fingerprint density at radius 1 is 1.26 bits per heavy atom. The van der Waals surface area contributed by atoms with E-state index >= 15 is 0 Å². The van der Waals surface area contributed by atoms with Gasteiger partial charge in [0.05, 0.1) is 20.6 Å². The van der Waals surface area contributed by atoms with Crippen molar-refractivity contribution >= 4 is 18.3 Å². The van der Waals surface area contributed by atoms with Gasteiger partial charge in [-0.1, -0.05) is 13.8 Å². The number of ether oxygens (including phenoxy) is 2. The highest BCUT2D eigenvalue weighted by Gasteiger charge is 2.15. The van der Waals surface area contributed by atoms with Crippen molar-refractivity contribution in [1.29, 1.82) is 0 Å². The molecule has 23 heavy (non-hydrogen) atoms. The SMILES string of the molecule is COc1ccc(OC)c(CC(=O)N(C)CCC(N)C(C)C)c1.Cl. The van der Waals surface area contributed by atoms with E-state index < -0.39 is 0 Å². The third-order valence-corrected chi connectivity index (χ3v) is 3.91. The third-order valence-electron chi connectivity index (χ3n) is 3.91. The molecule has 0 heterocycles. The molecule has 0 aromatic heterocycles. The molecule has 0 fully saturated rings. The van der Waals surface area contributed by atoms with Gasteiger partial charge in [0.2, 0.25) is 5.91 Å². The number of hydrogen-bond acceptors (Lipinski definition) is 4. The second-order valence-corrected chi connectivity index (χ2v) is 5.87. The zero-order valence-corrected chi connectivity index (χ0v) is 15.5. The Morgan fingerprint density at radius 2 is 1.91 bits per heavy atom. The van der Waals surface area contributed by atoms with E-state index in [-0.39, 0.29) is 30.8 Å². The summed E-state index contributed by atoms with van der Waals surface area (Å²) in [7, 11) is 5.01. The zero-order chi connectivity index (χ0) is 16.7. The third kappa shape index (κ3) is 6.67. The fraction of sp³-hybridized carbons (Fsp3) is 0.588. The highest BCUT2D eigenvalue weighted by molar-refractivity contribution is 5.85. The molecule has 1 rings (SSSR count). The van der Waals surface area contributed by atoms with Gasteiger partial charge in [0, 0.05) is 25.2 Å². The van der Waals surface area contributed by atoms with E-state index in [1.165, 1.54) is 0 Å². The van der Waals surface area contributed by atoms with Gasteiger partial charge in [-0.25, -0.2) is 0 Å². The molecule has 5 nitrogen and oxygen atoms in total. The maximum atomic E-state index is 12.4. The van der Waals surface area contributed by atoms with Crippen molar-refractivity contribution in [2.45, 2.75) is 32.7 Å². The molecule has 132 valence electrons. The highest BCUT2D eigenvalue weighted by Crippen LogP contribution is 2.24. The lowest BCUT2D eigenvalue weighted by Crippen LogP contribution is -2.35. The number of benzene rings is 1. The van der Waals surface area contributed by atoms with Crippen LogP contribution in [0.2, 0.25) is 0 Å². The molecule has 1 unspecified atom stereocenters. The van der Waals surface area contributed by atoms with Gasteiger partial charge >= 0.3 is 0 Å². The van der Waals surface area contributed by atoms with Crippen molar-refractivity contribution in [2.24, 2.45) is 11.7 Å². The summed E-state index contributed by atoms with van der Waals surface area (Å²) in [6.45, 7) is 4.84. The van der Waals surface area contributed by atoms with Crippen LogP contribution in [-0.2, 0) is 11.2 Å². The molecule has 2 N–H and O–H groups in total. The molecular formula is C17H29ClN2O3. The minimum atomic E-state index is 0. The Hall–Kier alpha value is -1.46. The minimum Gasteiger partial charge on any atom is -0.497 e. The zero-order valence-electron chi connectivity index (χ0n) is 14.7. The van der Waals surface area contributed by atoms with Crippen LogP contribution >= 0.6 is 12.4 Å². The number of nitrogens with zero attached hydrogens (tertiary/aromatic N) is 1. The standard InChI is InChI=1S/C17H28N2O3.ClH/c1-12(2)15(18)8-9-19(3)17(20)11-13-10-14(21-4)6-7-16(13)22-5;/h6-7,10,12,15H,8-9,11,18H2,1-5H3;1H. The summed E-state index contributed by atoms with van der Waals surface area (Å²) >= 11 is 0. The number of nitrogens with two attached hydrogens (primary N) is 1. The van der Waals surface area contributed by atoms with Crippen LogP contribution in [0.15, 0.2) is 18.2 Å². The van der Waals surface area contributed by atoms with Crippen molar-refractivity contribution in [2.75, 3.05) is 27.8 Å². The molecular weight excluding hydrogens is 316 g/mol. The van der Waals surface area contributed by atoms with E-state index in [1.54, 1.807) is 19.1 Å². The second kappa shape index (κ2) is 10.3. The van der Waals surface area contributed by atoms with Gasteiger partial charge in [0.15, 0.2) is 0 Å². The first-order valence-corrected chi connectivity index (χ1v) is 7.59. The fourth-order valence-corrected chi connectivity index (χ4v) is 2.12. The van der Waals surface area contributed by atoms with E-state index in [0.29, 0.717) is 24.0 Å². The summed E-state index contributed by atoms with van der Waals surface area (Å²) in [5, 5.41) is 0. The largest absolute Gasteiger partial charge is 0.497 e. The average molecular weight is 345 g/mol. The molecule has 1 amide bonds. The molecule has 0 radical (unpaired) electrons. The first kappa shape index (κ1) is 21.5. The number of rotatable bonds is 8. The molecule has 0 aliphatic heterocycles. The Kier molecular flexibility index (Phi) is 9.68. The summed E-state index contributed by atoms with van der Waals surface area (Å²) in [6.07, 6.45) is 1.09. The van der Waals surface area contributed by atoms with Gasteiger partial charge in [-0.15, -0.1) is 12.4 Å². The Balaban J connectivity index is 0.00000484. The molecule has 0 spiro atoms. The molecule has 0 aliphatic rings. The van der Waals surface area contributed by atoms with Gasteiger partial charge in [-0.3, -0.25) is 4.79 Å². The van der Waals surface area contributed by atoms with Crippen molar-refractivity contribution in [1.82, 2.24) is 4.90 Å². The normalized spacial score (nSPS) is 11.6. The van der Waals surface area contributed by atoms with Crippen LogP contribution in [-0.4, -0.2) is 44.7 Å². The van der Waals surface area contributed by atoms with Crippen LogP contribution in [0.4, 0.5) is 0 Å². The van der Waals surface area contributed by atoms with Crippen LogP contribution in [0.25, 0.3) is 0 Å². The second-order valence-electron chi connectivity index (χ2n) is 5.87. The van der Waals surface area contributed by atoms with Crippen LogP contribution in [0.5, 0.6) is 11.5 Å². The van der Waals surface area contributed by atoms with Gasteiger partial charge in [-0.2, -0.15) is 0 Å². The van der Waals surface area contributed by atoms with E-state index in [2.05, 4.69) is 13.8 Å². The van der Waals surface area contributed by atoms with Crippen molar-refractivity contribution < 1.29 is 14.3 Å². The van der Waals surface area contributed by atoms with Crippen molar-refractivity contribution in [3.05, 3.63) is 23.8 Å². The number of hydrogen-bond donors (Lipinski definition) is 1. The number of likely N-dealkylation sites (N-methyl/N-ethyl adjacent to an activating group) is 1. The summed E-state index contributed by atoms with van der Waals surface area (Å²) in [5.74, 6) is 1.87. The summed E-state index contributed by atoms with van der Waals surface area (Å²) in [6, 6.07) is 5.58. The number of carbonyl (C=O) groups is 1. The van der Waals surface area contributed by atoms with Gasteiger partial charge in [-0.05, 0) is 30.5 Å². The van der Waals surface area contributed by atoms with Crippen molar-refractivity contribution in [3.63, 3.8) is 0 Å². The van der Waals surface area contributed by atoms with E-state index in [0.717, 1.165) is 12.0 Å². The molecule has 0 bridgehead atoms. The van der Waals surface area contributed by atoms with E-state index in [9.17, 15) is 4.79 Å². The Morgan fingerprint density at radius 3 is 2.43 bits per heavy atom. The van der Waals surface area contributed by atoms with E-state index in [4.69, 9.17) is 15.2 Å². The number of halogens is 1. The van der Waals surface area contributed by atoms with Gasteiger partial charge in [0.1, 0.15) is 11.5 Å². The number of carbonyl (C=O) groups excluding carboxylic acids is 1.